The smallest absolute Gasteiger partial charge is 0.308 e. The van der Waals surface area contributed by atoms with E-state index < -0.39 is 11.9 Å². The highest BCUT2D eigenvalue weighted by molar-refractivity contribution is 5.78. The number of carboxylic acid groups (broad SMARTS) is 1. The van der Waals surface area contributed by atoms with Crippen molar-refractivity contribution in [2.75, 3.05) is 6.54 Å². The number of carbonyl (C=O) groups is 2. The van der Waals surface area contributed by atoms with Gasteiger partial charge < -0.3 is 10.4 Å². The lowest BCUT2D eigenvalue weighted by molar-refractivity contribution is -0.141. The summed E-state index contributed by atoms with van der Waals surface area (Å²) in [5.41, 5.74) is 0.496. The number of halogens is 1. The largest absolute Gasteiger partial charge is 0.481 e. The lowest BCUT2D eigenvalue weighted by atomic mass is 9.96. The first-order valence-corrected chi connectivity index (χ1v) is 7.19. The van der Waals surface area contributed by atoms with Gasteiger partial charge in [-0.25, -0.2) is 4.39 Å². The van der Waals surface area contributed by atoms with Gasteiger partial charge in [0.1, 0.15) is 5.82 Å². The first kappa shape index (κ1) is 17.1. The Kier molecular flexibility index (Phi) is 6.85. The van der Waals surface area contributed by atoms with Gasteiger partial charge in [0.05, 0.1) is 5.92 Å². The molecule has 5 heteroatoms. The summed E-state index contributed by atoms with van der Waals surface area (Å²) in [7, 11) is 0. The van der Waals surface area contributed by atoms with Crippen molar-refractivity contribution in [3.05, 3.63) is 35.6 Å². The molecule has 1 aromatic carbocycles. The van der Waals surface area contributed by atoms with Crippen LogP contribution in [0.2, 0.25) is 0 Å². The number of nitrogens with one attached hydrogen (secondary N) is 1. The normalized spacial score (nSPS) is 13.5. The molecule has 0 saturated heterocycles. The van der Waals surface area contributed by atoms with E-state index in [4.69, 9.17) is 5.11 Å². The topological polar surface area (TPSA) is 66.4 Å². The van der Waals surface area contributed by atoms with Crippen molar-refractivity contribution < 1.29 is 19.1 Å². The number of carbonyl (C=O) groups excluding carboxylic acids is 1. The highest BCUT2D eigenvalue weighted by Crippen LogP contribution is 2.21. The minimum absolute atomic E-state index is 0.117. The summed E-state index contributed by atoms with van der Waals surface area (Å²) >= 11 is 0. The lowest BCUT2D eigenvalue weighted by Gasteiger charge is -2.15. The van der Waals surface area contributed by atoms with Crippen LogP contribution < -0.4 is 5.32 Å². The summed E-state index contributed by atoms with van der Waals surface area (Å²) in [6.45, 7) is 3.79. The van der Waals surface area contributed by atoms with Gasteiger partial charge in [-0.3, -0.25) is 9.59 Å². The summed E-state index contributed by atoms with van der Waals surface area (Å²) < 4.78 is 13.6. The van der Waals surface area contributed by atoms with Crippen LogP contribution in [0.4, 0.5) is 4.39 Å². The van der Waals surface area contributed by atoms with Gasteiger partial charge in [0.15, 0.2) is 0 Å². The Bertz CT molecular complexity index is 490. The Labute approximate surface area is 124 Å². The average molecular weight is 295 g/mol. The molecule has 21 heavy (non-hydrogen) atoms. The van der Waals surface area contributed by atoms with Crippen molar-refractivity contribution in [2.24, 2.45) is 5.92 Å². The number of carboxylic acids is 1. The Morgan fingerprint density at radius 2 is 2.00 bits per heavy atom. The van der Waals surface area contributed by atoms with Crippen LogP contribution in [0.25, 0.3) is 0 Å². The van der Waals surface area contributed by atoms with Gasteiger partial charge in [-0.1, -0.05) is 38.5 Å². The Balaban J connectivity index is 2.50. The van der Waals surface area contributed by atoms with E-state index in [0.29, 0.717) is 12.0 Å². The SMILES string of the molecule is CCCC(CNC(=O)CC(C)c1ccccc1F)C(=O)O. The van der Waals surface area contributed by atoms with Crippen LogP contribution in [0, 0.1) is 11.7 Å². The second kappa shape index (κ2) is 8.39. The molecule has 2 N–H and O–H groups in total. The third kappa shape index (κ3) is 5.53. The minimum Gasteiger partial charge on any atom is -0.481 e. The van der Waals surface area contributed by atoms with Crippen molar-refractivity contribution in [2.45, 2.75) is 39.0 Å². The van der Waals surface area contributed by atoms with Crippen LogP contribution in [0.5, 0.6) is 0 Å². The molecule has 116 valence electrons. The molecule has 0 aromatic heterocycles. The van der Waals surface area contributed by atoms with Gasteiger partial charge in [0.2, 0.25) is 5.91 Å². The maximum absolute atomic E-state index is 13.6. The number of amides is 1. The van der Waals surface area contributed by atoms with E-state index in [1.54, 1.807) is 25.1 Å². The molecule has 0 fully saturated rings. The van der Waals surface area contributed by atoms with Gasteiger partial charge in [-0.15, -0.1) is 0 Å². The molecule has 2 unspecified atom stereocenters. The number of hydrogen-bond donors (Lipinski definition) is 2. The minimum atomic E-state index is -0.903. The van der Waals surface area contributed by atoms with Crippen LogP contribution in [0.1, 0.15) is 44.6 Å². The van der Waals surface area contributed by atoms with E-state index >= 15 is 0 Å². The van der Waals surface area contributed by atoms with E-state index in [1.165, 1.54) is 6.07 Å². The van der Waals surface area contributed by atoms with Crippen LogP contribution in [-0.4, -0.2) is 23.5 Å². The summed E-state index contributed by atoms with van der Waals surface area (Å²) in [6.07, 6.45) is 1.41. The molecule has 1 aromatic rings. The molecule has 0 aliphatic rings. The zero-order valence-corrected chi connectivity index (χ0v) is 12.4. The molecular weight excluding hydrogens is 273 g/mol. The maximum Gasteiger partial charge on any atom is 0.308 e. The van der Waals surface area contributed by atoms with Crippen molar-refractivity contribution in [3.63, 3.8) is 0 Å². The summed E-state index contributed by atoms with van der Waals surface area (Å²) in [4.78, 5) is 22.8. The maximum atomic E-state index is 13.6. The Hall–Kier alpha value is -1.91. The average Bonchev–Trinajstić information content (AvgIpc) is 2.43. The monoisotopic (exact) mass is 295 g/mol. The van der Waals surface area contributed by atoms with Crippen molar-refractivity contribution in [1.82, 2.24) is 5.32 Å². The molecular formula is C16H22FNO3. The first-order chi connectivity index (χ1) is 9.95. The molecule has 1 rings (SSSR count). The highest BCUT2D eigenvalue weighted by atomic mass is 19.1. The van der Waals surface area contributed by atoms with Crippen LogP contribution in [0.15, 0.2) is 24.3 Å². The van der Waals surface area contributed by atoms with Gasteiger partial charge >= 0.3 is 5.97 Å². The molecule has 0 saturated carbocycles. The molecule has 0 heterocycles. The van der Waals surface area contributed by atoms with Gasteiger partial charge in [-0.2, -0.15) is 0 Å². The van der Waals surface area contributed by atoms with Crippen molar-refractivity contribution in [3.8, 4) is 0 Å². The predicted octanol–water partition coefficient (Wildman–Crippen LogP) is 2.94. The van der Waals surface area contributed by atoms with Crippen molar-refractivity contribution >= 4 is 11.9 Å². The van der Waals surface area contributed by atoms with Gasteiger partial charge in [0, 0.05) is 13.0 Å². The second-order valence-electron chi connectivity index (χ2n) is 5.25. The van der Waals surface area contributed by atoms with E-state index in [1.807, 2.05) is 6.92 Å². The zero-order chi connectivity index (χ0) is 15.8. The summed E-state index contributed by atoms with van der Waals surface area (Å²) in [5.74, 6) is -2.30. The third-order valence-electron chi connectivity index (χ3n) is 3.46. The standard InChI is InChI=1S/C16H22FNO3/c1-3-6-12(16(20)21)10-18-15(19)9-11(2)13-7-4-5-8-14(13)17/h4-5,7-8,11-12H,3,6,9-10H2,1-2H3,(H,18,19)(H,20,21). The van der Waals surface area contributed by atoms with E-state index in [2.05, 4.69) is 5.32 Å². The second-order valence-corrected chi connectivity index (χ2v) is 5.25. The molecule has 4 nitrogen and oxygen atoms in total. The zero-order valence-electron chi connectivity index (χ0n) is 12.4. The fraction of sp³-hybridized carbons (Fsp3) is 0.500. The number of benzene rings is 1. The van der Waals surface area contributed by atoms with Crippen LogP contribution >= 0.6 is 0 Å². The summed E-state index contributed by atoms with van der Waals surface area (Å²) in [5, 5.41) is 11.6. The van der Waals surface area contributed by atoms with E-state index in [0.717, 1.165) is 6.42 Å². The molecule has 0 radical (unpaired) electrons. The van der Waals surface area contributed by atoms with Crippen LogP contribution in [-0.2, 0) is 9.59 Å². The highest BCUT2D eigenvalue weighted by Gasteiger charge is 2.19. The molecule has 0 spiro atoms. The lowest BCUT2D eigenvalue weighted by Crippen LogP contribution is -2.33. The molecule has 1 amide bonds. The fourth-order valence-corrected chi connectivity index (χ4v) is 2.23. The number of hydrogen-bond acceptors (Lipinski definition) is 2. The van der Waals surface area contributed by atoms with E-state index in [-0.39, 0.29) is 30.6 Å². The van der Waals surface area contributed by atoms with Crippen LogP contribution in [0.3, 0.4) is 0 Å². The Morgan fingerprint density at radius 1 is 1.33 bits per heavy atom. The summed E-state index contributed by atoms with van der Waals surface area (Å²) in [6, 6.07) is 6.36. The van der Waals surface area contributed by atoms with Gasteiger partial charge in [-0.05, 0) is 24.0 Å². The Morgan fingerprint density at radius 3 is 2.57 bits per heavy atom. The quantitative estimate of drug-likeness (QED) is 0.775. The van der Waals surface area contributed by atoms with Gasteiger partial charge in [0.25, 0.3) is 0 Å². The fourth-order valence-electron chi connectivity index (χ4n) is 2.23. The molecule has 0 aliphatic carbocycles. The number of aliphatic carboxylic acids is 1. The van der Waals surface area contributed by atoms with E-state index in [9.17, 15) is 14.0 Å². The first-order valence-electron chi connectivity index (χ1n) is 7.19. The number of rotatable bonds is 8. The van der Waals surface area contributed by atoms with Crippen molar-refractivity contribution in [1.29, 1.82) is 0 Å². The molecule has 0 bridgehead atoms. The molecule has 0 aliphatic heterocycles. The predicted molar refractivity (Wildman–Crippen MR) is 78.5 cm³/mol. The third-order valence-corrected chi connectivity index (χ3v) is 3.46. The molecule has 2 atom stereocenters.